The van der Waals surface area contributed by atoms with Crippen LogP contribution in [0.4, 0.5) is 0 Å². The summed E-state index contributed by atoms with van der Waals surface area (Å²) in [4.78, 5) is 27.0. The Bertz CT molecular complexity index is 741. The van der Waals surface area contributed by atoms with E-state index < -0.39 is 11.9 Å². The van der Waals surface area contributed by atoms with Crippen molar-refractivity contribution >= 4 is 34.4 Å². The van der Waals surface area contributed by atoms with Crippen LogP contribution < -0.4 is 5.32 Å². The molecule has 0 bridgehead atoms. The van der Waals surface area contributed by atoms with Gasteiger partial charge in [0.25, 0.3) is 5.91 Å². The van der Waals surface area contributed by atoms with Crippen LogP contribution in [0.1, 0.15) is 42.6 Å². The van der Waals surface area contributed by atoms with Crippen LogP contribution in [0.15, 0.2) is 24.3 Å². The van der Waals surface area contributed by atoms with E-state index in [1.54, 1.807) is 0 Å². The summed E-state index contributed by atoms with van der Waals surface area (Å²) >= 11 is 6.29. The second-order valence-electron chi connectivity index (χ2n) is 6.02. The molecule has 1 aromatic carbocycles. The van der Waals surface area contributed by atoms with E-state index in [4.69, 9.17) is 11.6 Å². The molecule has 6 heteroatoms. The zero-order valence-electron chi connectivity index (χ0n) is 12.6. The number of fused-ring (bicyclic) bond motifs is 1. The van der Waals surface area contributed by atoms with E-state index in [2.05, 4.69) is 10.3 Å². The van der Waals surface area contributed by atoms with E-state index in [0.717, 1.165) is 30.2 Å². The number of H-pyrrole nitrogens is 1. The van der Waals surface area contributed by atoms with Gasteiger partial charge in [0.1, 0.15) is 5.69 Å². The molecular weight excluding hydrogens is 316 g/mol. The Hall–Kier alpha value is -2.01. The Morgan fingerprint density at radius 3 is 2.65 bits per heavy atom. The van der Waals surface area contributed by atoms with Crippen molar-refractivity contribution in [3.05, 3.63) is 35.0 Å². The minimum atomic E-state index is -0.847. The van der Waals surface area contributed by atoms with E-state index in [0.29, 0.717) is 23.6 Å². The Morgan fingerprint density at radius 2 is 1.91 bits per heavy atom. The number of halogens is 1. The number of hydrogen-bond acceptors (Lipinski definition) is 2. The summed E-state index contributed by atoms with van der Waals surface area (Å²) in [6.45, 7) is 0. The maximum absolute atomic E-state index is 12.6. The molecule has 1 fully saturated rings. The van der Waals surface area contributed by atoms with Crippen LogP contribution in [-0.4, -0.2) is 28.0 Å². The van der Waals surface area contributed by atoms with Gasteiger partial charge in [0, 0.05) is 16.9 Å². The summed E-state index contributed by atoms with van der Waals surface area (Å²) in [5.41, 5.74) is 1.08. The van der Waals surface area contributed by atoms with Crippen molar-refractivity contribution in [3.8, 4) is 0 Å². The third-order valence-electron chi connectivity index (χ3n) is 4.52. The number of hydrogen-bond donors (Lipinski definition) is 3. The maximum atomic E-state index is 12.6. The number of aromatic nitrogens is 1. The van der Waals surface area contributed by atoms with E-state index in [-0.39, 0.29) is 11.9 Å². The van der Waals surface area contributed by atoms with Gasteiger partial charge in [-0.15, -0.1) is 0 Å². The topological polar surface area (TPSA) is 82.2 Å². The zero-order valence-corrected chi connectivity index (χ0v) is 13.4. The number of carbonyl (C=O) groups is 2. The van der Waals surface area contributed by atoms with Crippen molar-refractivity contribution in [2.45, 2.75) is 38.1 Å². The molecule has 3 rings (SSSR count). The molecule has 0 spiro atoms. The van der Waals surface area contributed by atoms with Crippen molar-refractivity contribution in [2.75, 3.05) is 0 Å². The average Bonchev–Trinajstić information content (AvgIpc) is 2.71. The molecule has 5 nitrogen and oxygen atoms in total. The normalized spacial score (nSPS) is 21.8. The summed E-state index contributed by atoms with van der Waals surface area (Å²) in [6.07, 6.45) is 4.09. The fraction of sp³-hybridized carbons (Fsp3) is 0.412. The molecule has 2 atom stereocenters. The standard InChI is InChI=1S/C17H19ClN2O3/c18-14-10-6-4-5-9-12(10)19-15(14)16(21)20-13-8-3-1-2-7-11(13)17(22)23/h4-6,9,11,13,19H,1-3,7-8H2,(H,20,21)(H,22,23)/t11-,13+/m1/s1. The summed E-state index contributed by atoms with van der Waals surface area (Å²) in [5.74, 6) is -1.73. The molecule has 0 radical (unpaired) electrons. The van der Waals surface area contributed by atoms with Crippen LogP contribution in [0.5, 0.6) is 0 Å². The van der Waals surface area contributed by atoms with Crippen molar-refractivity contribution in [1.82, 2.24) is 10.3 Å². The van der Waals surface area contributed by atoms with Gasteiger partial charge < -0.3 is 15.4 Å². The van der Waals surface area contributed by atoms with E-state index in [9.17, 15) is 14.7 Å². The van der Waals surface area contributed by atoms with Crippen LogP contribution in [0, 0.1) is 5.92 Å². The minimum absolute atomic E-state index is 0.293. The van der Waals surface area contributed by atoms with Gasteiger partial charge in [-0.25, -0.2) is 0 Å². The van der Waals surface area contributed by atoms with Gasteiger partial charge in [0.05, 0.1) is 10.9 Å². The van der Waals surface area contributed by atoms with E-state index in [1.165, 1.54) is 0 Å². The average molecular weight is 335 g/mol. The Labute approximate surface area is 139 Å². The Morgan fingerprint density at radius 1 is 1.17 bits per heavy atom. The van der Waals surface area contributed by atoms with Gasteiger partial charge in [-0.3, -0.25) is 9.59 Å². The summed E-state index contributed by atoms with van der Waals surface area (Å²) in [5, 5.41) is 13.4. The SMILES string of the molecule is O=C(N[C@H]1CCCCC[C@H]1C(=O)O)c1[nH]c2ccccc2c1Cl. The number of aliphatic carboxylic acids is 1. The molecule has 0 aliphatic heterocycles. The number of aromatic amines is 1. The molecule has 1 aromatic heterocycles. The third kappa shape index (κ3) is 3.20. The van der Waals surface area contributed by atoms with Gasteiger partial charge in [-0.05, 0) is 18.9 Å². The predicted molar refractivity (Wildman–Crippen MR) is 88.8 cm³/mol. The largest absolute Gasteiger partial charge is 0.481 e. The monoisotopic (exact) mass is 334 g/mol. The fourth-order valence-electron chi connectivity index (χ4n) is 3.28. The van der Waals surface area contributed by atoms with Crippen molar-refractivity contribution in [2.24, 2.45) is 5.92 Å². The highest BCUT2D eigenvalue weighted by molar-refractivity contribution is 6.38. The minimum Gasteiger partial charge on any atom is -0.481 e. The molecule has 1 aliphatic rings. The summed E-state index contributed by atoms with van der Waals surface area (Å²) in [7, 11) is 0. The molecule has 1 aliphatic carbocycles. The number of carbonyl (C=O) groups excluding carboxylic acids is 1. The lowest BCUT2D eigenvalue weighted by Crippen LogP contribution is -2.43. The molecule has 1 heterocycles. The number of nitrogens with one attached hydrogen (secondary N) is 2. The number of carboxylic acid groups (broad SMARTS) is 1. The third-order valence-corrected chi connectivity index (χ3v) is 4.91. The molecule has 3 N–H and O–H groups in total. The quantitative estimate of drug-likeness (QED) is 0.750. The maximum Gasteiger partial charge on any atom is 0.308 e. The first-order valence-electron chi connectivity index (χ1n) is 7.88. The number of carboxylic acids is 1. The molecule has 0 unspecified atom stereocenters. The highest BCUT2D eigenvalue weighted by Crippen LogP contribution is 2.28. The molecule has 122 valence electrons. The molecular formula is C17H19ClN2O3. The first kappa shape index (κ1) is 15.9. The van der Waals surface area contributed by atoms with Crippen LogP contribution in [0.3, 0.4) is 0 Å². The first-order chi connectivity index (χ1) is 11.1. The molecule has 1 amide bonds. The van der Waals surface area contributed by atoms with Crippen LogP contribution in [0.25, 0.3) is 10.9 Å². The van der Waals surface area contributed by atoms with Gasteiger partial charge in [0.15, 0.2) is 0 Å². The van der Waals surface area contributed by atoms with E-state index in [1.807, 2.05) is 24.3 Å². The van der Waals surface area contributed by atoms with Gasteiger partial charge in [0.2, 0.25) is 0 Å². The van der Waals surface area contributed by atoms with Crippen LogP contribution in [-0.2, 0) is 4.79 Å². The molecule has 23 heavy (non-hydrogen) atoms. The molecule has 1 saturated carbocycles. The van der Waals surface area contributed by atoms with Crippen molar-refractivity contribution < 1.29 is 14.7 Å². The number of para-hydroxylation sites is 1. The van der Waals surface area contributed by atoms with Gasteiger partial charge >= 0.3 is 5.97 Å². The lowest BCUT2D eigenvalue weighted by Gasteiger charge is -2.22. The second kappa shape index (κ2) is 6.62. The zero-order chi connectivity index (χ0) is 16.4. The van der Waals surface area contributed by atoms with Crippen molar-refractivity contribution in [3.63, 3.8) is 0 Å². The smallest absolute Gasteiger partial charge is 0.308 e. The summed E-state index contributed by atoms with van der Waals surface area (Å²) in [6, 6.07) is 7.06. The number of benzene rings is 1. The van der Waals surface area contributed by atoms with Crippen LogP contribution in [0.2, 0.25) is 5.02 Å². The van der Waals surface area contributed by atoms with Gasteiger partial charge in [-0.1, -0.05) is 49.1 Å². The number of amides is 1. The number of rotatable bonds is 3. The lowest BCUT2D eigenvalue weighted by molar-refractivity contribution is -0.142. The Balaban J connectivity index is 1.84. The van der Waals surface area contributed by atoms with Crippen LogP contribution >= 0.6 is 11.6 Å². The van der Waals surface area contributed by atoms with Crippen molar-refractivity contribution in [1.29, 1.82) is 0 Å². The van der Waals surface area contributed by atoms with Gasteiger partial charge in [-0.2, -0.15) is 0 Å². The fourth-order valence-corrected chi connectivity index (χ4v) is 3.58. The second-order valence-corrected chi connectivity index (χ2v) is 6.40. The van der Waals surface area contributed by atoms with E-state index >= 15 is 0 Å². The highest BCUT2D eigenvalue weighted by atomic mass is 35.5. The first-order valence-corrected chi connectivity index (χ1v) is 8.25. The highest BCUT2D eigenvalue weighted by Gasteiger charge is 2.31. The predicted octanol–water partition coefficient (Wildman–Crippen LogP) is 3.58. The lowest BCUT2D eigenvalue weighted by atomic mass is 9.95. The molecule has 0 saturated heterocycles. The Kier molecular flexibility index (Phi) is 4.57. The summed E-state index contributed by atoms with van der Waals surface area (Å²) < 4.78 is 0. The molecule has 2 aromatic rings.